The molecule has 30 heavy (non-hydrogen) atoms. The summed E-state index contributed by atoms with van der Waals surface area (Å²) in [5.41, 5.74) is 2.96. The number of nitrogens with zero attached hydrogens (tertiary/aromatic N) is 3. The van der Waals surface area contributed by atoms with Crippen LogP contribution >= 0.6 is 11.6 Å². The van der Waals surface area contributed by atoms with Gasteiger partial charge >= 0.3 is 0 Å². The molecular weight excluding hydrogens is 404 g/mol. The zero-order valence-electron chi connectivity index (χ0n) is 18.0. The quantitative estimate of drug-likeness (QED) is 0.646. The van der Waals surface area contributed by atoms with Gasteiger partial charge in [0, 0.05) is 44.8 Å². The molecule has 0 radical (unpaired) electrons. The predicted molar refractivity (Wildman–Crippen MR) is 117 cm³/mol. The van der Waals surface area contributed by atoms with Crippen molar-refractivity contribution in [1.29, 1.82) is 0 Å². The number of morpholine rings is 1. The first-order chi connectivity index (χ1) is 14.5. The van der Waals surface area contributed by atoms with Crippen LogP contribution in [0, 0.1) is 6.92 Å². The van der Waals surface area contributed by atoms with Crippen LogP contribution in [-0.4, -0.2) is 66.1 Å². The van der Waals surface area contributed by atoms with Gasteiger partial charge < -0.3 is 19.7 Å². The van der Waals surface area contributed by atoms with Crippen molar-refractivity contribution >= 4 is 28.4 Å². The molecule has 1 N–H and O–H groups in total. The summed E-state index contributed by atoms with van der Waals surface area (Å²) in [5, 5.41) is 9.62. The van der Waals surface area contributed by atoms with Crippen molar-refractivity contribution in [2.75, 3.05) is 33.4 Å². The molecule has 1 unspecified atom stereocenters. The molecule has 1 aromatic heterocycles. The second-order valence-corrected chi connectivity index (χ2v) is 8.68. The van der Waals surface area contributed by atoms with Gasteiger partial charge in [-0.15, -0.1) is 0 Å². The Hall–Kier alpha value is -1.67. The second-order valence-electron chi connectivity index (χ2n) is 8.27. The number of hydrogen-bond donors (Lipinski definition) is 1. The molecule has 1 saturated carbocycles. The molecule has 0 bridgehead atoms. The Bertz CT molecular complexity index is 905. The molecule has 2 aliphatic rings. The molecule has 1 aliphatic carbocycles. The summed E-state index contributed by atoms with van der Waals surface area (Å²) in [5.74, 6) is 0.0678. The number of ether oxygens (including phenoxy) is 2. The molecule has 0 spiro atoms. The van der Waals surface area contributed by atoms with E-state index >= 15 is 0 Å². The molecule has 2 fully saturated rings. The van der Waals surface area contributed by atoms with E-state index in [9.17, 15) is 4.79 Å². The number of rotatable bonds is 8. The maximum atomic E-state index is 13.3. The maximum absolute atomic E-state index is 13.3. The van der Waals surface area contributed by atoms with Gasteiger partial charge in [0.25, 0.3) is 5.91 Å². The topological polar surface area (TPSA) is 68.6 Å². The number of halogens is 1. The van der Waals surface area contributed by atoms with E-state index in [0.29, 0.717) is 24.8 Å². The van der Waals surface area contributed by atoms with Crippen molar-refractivity contribution in [3.8, 4) is 0 Å². The minimum atomic E-state index is -0.414. The van der Waals surface area contributed by atoms with E-state index in [1.165, 1.54) is 0 Å². The molecule has 1 aliphatic heterocycles. The molecule has 7 nitrogen and oxygen atoms in total. The van der Waals surface area contributed by atoms with Gasteiger partial charge in [-0.1, -0.05) is 11.6 Å². The van der Waals surface area contributed by atoms with E-state index in [4.69, 9.17) is 26.2 Å². The molecule has 4 rings (SSSR count). The molecule has 1 aromatic carbocycles. The highest BCUT2D eigenvalue weighted by molar-refractivity contribution is 6.35. The minimum absolute atomic E-state index is 0.0678. The molecule has 1 saturated heterocycles. The van der Waals surface area contributed by atoms with Crippen LogP contribution in [0.25, 0.3) is 10.9 Å². The number of carbonyl (C=O) groups excluding carboxylic acids is 1. The first-order valence-electron chi connectivity index (χ1n) is 10.8. The van der Waals surface area contributed by atoms with E-state index in [1.807, 2.05) is 22.6 Å². The SMILES string of the molecule is COCCCn1nc(C)c2c(Cl)cc(C(C)N(C(=O)[C@H]3CNCCO3)C3CC3)cc21. The molecule has 2 aromatic rings. The average molecular weight is 435 g/mol. The lowest BCUT2D eigenvalue weighted by molar-refractivity contribution is -0.148. The summed E-state index contributed by atoms with van der Waals surface area (Å²) in [6, 6.07) is 4.33. The van der Waals surface area contributed by atoms with Crippen LogP contribution in [0.15, 0.2) is 12.1 Å². The number of nitrogens with one attached hydrogen (secondary N) is 1. The standard InChI is InChI=1S/C22H31ClN4O3/c1-14-21-18(23)11-16(12-19(21)26(25-14)8-4-9-29-3)15(2)27(17-5-6-17)22(28)20-13-24-7-10-30-20/h11-12,15,17,20,24H,4-10,13H2,1-3H3/t15?,20-/m1/s1. The van der Waals surface area contributed by atoms with Crippen molar-refractivity contribution in [2.45, 2.75) is 57.8 Å². The lowest BCUT2D eigenvalue weighted by Crippen LogP contribution is -2.50. The van der Waals surface area contributed by atoms with Crippen molar-refractivity contribution < 1.29 is 14.3 Å². The molecule has 8 heteroatoms. The van der Waals surface area contributed by atoms with Gasteiger partial charge in [0.2, 0.25) is 0 Å². The van der Waals surface area contributed by atoms with E-state index < -0.39 is 6.10 Å². The number of carbonyl (C=O) groups is 1. The Balaban J connectivity index is 1.64. The third-order valence-corrected chi connectivity index (χ3v) is 6.32. The lowest BCUT2D eigenvalue weighted by atomic mass is 10.0. The van der Waals surface area contributed by atoms with Crippen LogP contribution in [0.2, 0.25) is 5.02 Å². The summed E-state index contributed by atoms with van der Waals surface area (Å²) >= 11 is 6.70. The van der Waals surface area contributed by atoms with Gasteiger partial charge in [-0.3, -0.25) is 9.48 Å². The number of aromatic nitrogens is 2. The van der Waals surface area contributed by atoms with Gasteiger partial charge in [0.05, 0.1) is 28.9 Å². The number of hydrogen-bond acceptors (Lipinski definition) is 5. The first-order valence-corrected chi connectivity index (χ1v) is 11.2. The Labute approximate surface area is 182 Å². The van der Waals surface area contributed by atoms with Gasteiger partial charge in [-0.05, 0) is 50.8 Å². The lowest BCUT2D eigenvalue weighted by Gasteiger charge is -2.34. The predicted octanol–water partition coefficient (Wildman–Crippen LogP) is 3.08. The van der Waals surface area contributed by atoms with Crippen LogP contribution in [-0.2, 0) is 20.8 Å². The maximum Gasteiger partial charge on any atom is 0.253 e. The third kappa shape index (κ3) is 4.35. The van der Waals surface area contributed by atoms with Gasteiger partial charge in [-0.25, -0.2) is 0 Å². The largest absolute Gasteiger partial charge is 0.385 e. The van der Waals surface area contributed by atoms with Crippen molar-refractivity contribution in [1.82, 2.24) is 20.0 Å². The average Bonchev–Trinajstić information content (AvgIpc) is 3.52. The second kappa shape index (κ2) is 9.22. The Morgan fingerprint density at radius 3 is 2.93 bits per heavy atom. The van der Waals surface area contributed by atoms with E-state index in [1.54, 1.807) is 7.11 Å². The van der Waals surface area contributed by atoms with Crippen molar-refractivity contribution in [3.05, 3.63) is 28.4 Å². The summed E-state index contributed by atoms with van der Waals surface area (Å²) < 4.78 is 12.9. The number of benzene rings is 1. The van der Waals surface area contributed by atoms with Gasteiger partial charge in [-0.2, -0.15) is 5.10 Å². The smallest absolute Gasteiger partial charge is 0.253 e. The minimum Gasteiger partial charge on any atom is -0.385 e. The highest BCUT2D eigenvalue weighted by Crippen LogP contribution is 2.38. The molecule has 1 amide bonds. The van der Waals surface area contributed by atoms with Crippen LogP contribution in [0.5, 0.6) is 0 Å². The summed E-state index contributed by atoms with van der Waals surface area (Å²) in [7, 11) is 1.71. The fourth-order valence-electron chi connectivity index (χ4n) is 4.32. The number of fused-ring (bicyclic) bond motifs is 1. The van der Waals surface area contributed by atoms with Crippen LogP contribution in [0.4, 0.5) is 0 Å². The number of amides is 1. The van der Waals surface area contributed by atoms with Crippen molar-refractivity contribution in [2.24, 2.45) is 0 Å². The van der Waals surface area contributed by atoms with Crippen LogP contribution in [0.1, 0.15) is 43.5 Å². The van der Waals surface area contributed by atoms with E-state index in [0.717, 1.165) is 54.5 Å². The zero-order chi connectivity index (χ0) is 21.3. The summed E-state index contributed by atoms with van der Waals surface area (Å²) in [4.78, 5) is 15.3. The van der Waals surface area contributed by atoms with Crippen LogP contribution in [0.3, 0.4) is 0 Å². The zero-order valence-corrected chi connectivity index (χ0v) is 18.7. The fourth-order valence-corrected chi connectivity index (χ4v) is 4.68. The molecule has 164 valence electrons. The normalized spacial score (nSPS) is 20.5. The monoisotopic (exact) mass is 434 g/mol. The van der Waals surface area contributed by atoms with Gasteiger partial charge in [0.1, 0.15) is 6.10 Å². The highest BCUT2D eigenvalue weighted by atomic mass is 35.5. The molecule has 2 atom stereocenters. The fraction of sp³-hybridized carbons (Fsp3) is 0.636. The van der Waals surface area contributed by atoms with E-state index in [-0.39, 0.29) is 18.0 Å². The molecule has 2 heterocycles. The number of methoxy groups -OCH3 is 1. The Kier molecular flexibility index (Phi) is 6.63. The van der Waals surface area contributed by atoms with E-state index in [2.05, 4.69) is 18.3 Å². The summed E-state index contributed by atoms with van der Waals surface area (Å²) in [6.07, 6.45) is 2.55. The highest BCUT2D eigenvalue weighted by Gasteiger charge is 2.40. The van der Waals surface area contributed by atoms with Gasteiger partial charge in [0.15, 0.2) is 0 Å². The number of aryl methyl sites for hydroxylation is 2. The first kappa shape index (κ1) is 21.6. The van der Waals surface area contributed by atoms with Crippen LogP contribution < -0.4 is 5.32 Å². The Morgan fingerprint density at radius 2 is 2.27 bits per heavy atom. The Morgan fingerprint density at radius 1 is 1.47 bits per heavy atom. The molecular formula is C22H31ClN4O3. The van der Waals surface area contributed by atoms with Crippen molar-refractivity contribution in [3.63, 3.8) is 0 Å². The summed E-state index contributed by atoms with van der Waals surface area (Å²) in [6.45, 7) is 7.45. The third-order valence-electron chi connectivity index (χ3n) is 6.02.